The second-order valence-corrected chi connectivity index (χ2v) is 8.47. The van der Waals surface area contributed by atoms with Crippen molar-refractivity contribution in [2.45, 2.75) is 6.36 Å². The molecule has 0 atom stereocenters. The van der Waals surface area contributed by atoms with E-state index in [1.807, 2.05) is 24.3 Å². The molecule has 36 heavy (non-hydrogen) atoms. The van der Waals surface area contributed by atoms with Gasteiger partial charge in [-0.3, -0.25) is 5.43 Å². The van der Waals surface area contributed by atoms with Gasteiger partial charge in [-0.15, -0.1) is 13.2 Å². The minimum absolute atomic E-state index is 0.224. The van der Waals surface area contributed by atoms with Gasteiger partial charge >= 0.3 is 6.36 Å². The van der Waals surface area contributed by atoms with Crippen molar-refractivity contribution >= 4 is 52.4 Å². The number of aromatic nitrogens is 2. The molecule has 0 unspecified atom stereocenters. The summed E-state index contributed by atoms with van der Waals surface area (Å²) >= 11 is 17.4. The molecule has 6 nitrogen and oxygen atoms in total. The largest absolute Gasteiger partial charge is 0.573 e. The molecule has 0 radical (unpaired) electrons. The third-order valence-electron chi connectivity index (χ3n) is 4.74. The number of nitrogens with zero attached hydrogens (tertiary/aromatic N) is 3. The van der Waals surface area contributed by atoms with Crippen LogP contribution in [0.1, 0.15) is 5.56 Å². The Kier molecular flexibility index (Phi) is 7.78. The summed E-state index contributed by atoms with van der Waals surface area (Å²) in [6, 6.07) is 18.1. The molecular weight excluding hydrogens is 534 g/mol. The molecule has 0 aliphatic carbocycles. The van der Waals surface area contributed by atoms with Gasteiger partial charge in [-0.1, -0.05) is 53.5 Å². The topological polar surface area (TPSA) is 63.5 Å². The van der Waals surface area contributed by atoms with Crippen LogP contribution in [0.3, 0.4) is 0 Å². The lowest BCUT2D eigenvalue weighted by Gasteiger charge is -2.10. The van der Waals surface area contributed by atoms with E-state index in [2.05, 4.69) is 25.6 Å². The number of hydrogen-bond donors (Lipinski definition) is 2. The van der Waals surface area contributed by atoms with Crippen LogP contribution in [0.25, 0.3) is 16.9 Å². The van der Waals surface area contributed by atoms with E-state index in [0.717, 1.165) is 11.1 Å². The molecular formula is C24H16Cl2F3N5OS. The predicted molar refractivity (Wildman–Crippen MR) is 139 cm³/mol. The Balaban J connectivity index is 1.36. The van der Waals surface area contributed by atoms with E-state index in [9.17, 15) is 13.2 Å². The van der Waals surface area contributed by atoms with Gasteiger partial charge in [-0.2, -0.15) is 5.10 Å². The van der Waals surface area contributed by atoms with Crippen molar-refractivity contribution in [2.24, 2.45) is 5.10 Å². The van der Waals surface area contributed by atoms with Crippen molar-refractivity contribution in [2.75, 3.05) is 5.32 Å². The highest BCUT2D eigenvalue weighted by Crippen LogP contribution is 2.29. The number of anilines is 1. The van der Waals surface area contributed by atoms with E-state index in [0.29, 0.717) is 27.1 Å². The first-order valence-corrected chi connectivity index (χ1v) is 11.4. The van der Waals surface area contributed by atoms with Gasteiger partial charge in [0.1, 0.15) is 5.75 Å². The van der Waals surface area contributed by atoms with Gasteiger partial charge in [0.15, 0.2) is 5.11 Å². The predicted octanol–water partition coefficient (Wildman–Crippen LogP) is 7.07. The quantitative estimate of drug-likeness (QED) is 0.153. The van der Waals surface area contributed by atoms with Crippen LogP contribution in [0.2, 0.25) is 10.0 Å². The number of alkyl halides is 3. The van der Waals surface area contributed by atoms with Gasteiger partial charge in [-0.05, 0) is 54.2 Å². The van der Waals surface area contributed by atoms with Crippen molar-refractivity contribution < 1.29 is 17.9 Å². The van der Waals surface area contributed by atoms with Gasteiger partial charge in [-0.25, -0.2) is 4.98 Å². The maximum absolute atomic E-state index is 12.3. The molecule has 0 aliphatic heterocycles. The van der Waals surface area contributed by atoms with E-state index >= 15 is 0 Å². The highest BCUT2D eigenvalue weighted by Gasteiger charge is 2.30. The maximum Gasteiger partial charge on any atom is 0.573 e. The number of imidazole rings is 1. The number of rotatable bonds is 6. The lowest BCUT2D eigenvalue weighted by Crippen LogP contribution is -2.24. The number of hydrogen-bond acceptors (Lipinski definition) is 4. The van der Waals surface area contributed by atoms with Crippen LogP contribution in [0.15, 0.2) is 84.4 Å². The van der Waals surface area contributed by atoms with Crippen molar-refractivity contribution in [3.8, 4) is 22.7 Å². The molecule has 1 heterocycles. The first kappa shape index (κ1) is 25.5. The van der Waals surface area contributed by atoms with Crippen molar-refractivity contribution in [3.63, 3.8) is 0 Å². The number of halogens is 5. The SMILES string of the molecule is FC(F)(F)Oc1ccc(-n2cnc(-c3ccc(C=NNC(=S)Nc4c(Cl)cccc4Cl)cc3)c2)cc1. The number of thiocarbonyl (C=S) groups is 1. The van der Waals surface area contributed by atoms with Crippen molar-refractivity contribution in [1.29, 1.82) is 0 Å². The third kappa shape index (κ3) is 6.75. The molecule has 0 fully saturated rings. The Labute approximate surface area is 219 Å². The van der Waals surface area contributed by atoms with Crippen LogP contribution in [0.4, 0.5) is 18.9 Å². The maximum atomic E-state index is 12.3. The van der Waals surface area contributed by atoms with E-state index in [1.165, 1.54) is 24.3 Å². The van der Waals surface area contributed by atoms with Crippen LogP contribution in [-0.4, -0.2) is 27.2 Å². The zero-order valence-electron chi connectivity index (χ0n) is 18.1. The van der Waals surface area contributed by atoms with Gasteiger partial charge in [0.05, 0.1) is 34.0 Å². The van der Waals surface area contributed by atoms with Crippen LogP contribution in [0, 0.1) is 0 Å². The second-order valence-electron chi connectivity index (χ2n) is 7.25. The van der Waals surface area contributed by atoms with E-state index in [4.69, 9.17) is 35.4 Å². The van der Waals surface area contributed by atoms with Gasteiger partial charge in [0, 0.05) is 17.4 Å². The highest BCUT2D eigenvalue weighted by atomic mass is 35.5. The third-order valence-corrected chi connectivity index (χ3v) is 5.56. The summed E-state index contributed by atoms with van der Waals surface area (Å²) in [6.45, 7) is 0. The molecule has 12 heteroatoms. The summed E-state index contributed by atoms with van der Waals surface area (Å²) in [6.07, 6.45) is 0.209. The summed E-state index contributed by atoms with van der Waals surface area (Å²) in [4.78, 5) is 4.37. The Morgan fingerprint density at radius 1 is 1.00 bits per heavy atom. The summed E-state index contributed by atoms with van der Waals surface area (Å²) in [5.41, 5.74) is 6.18. The zero-order valence-corrected chi connectivity index (χ0v) is 20.5. The first-order chi connectivity index (χ1) is 17.2. The fourth-order valence-electron chi connectivity index (χ4n) is 3.10. The van der Waals surface area contributed by atoms with Crippen molar-refractivity contribution in [1.82, 2.24) is 15.0 Å². The first-order valence-electron chi connectivity index (χ1n) is 10.2. The lowest BCUT2D eigenvalue weighted by molar-refractivity contribution is -0.274. The number of para-hydroxylation sites is 1. The Hall–Kier alpha value is -3.60. The highest BCUT2D eigenvalue weighted by molar-refractivity contribution is 7.80. The molecule has 0 saturated carbocycles. The molecule has 0 amide bonds. The number of nitrogens with one attached hydrogen (secondary N) is 2. The van der Waals surface area contributed by atoms with Crippen LogP contribution in [0.5, 0.6) is 5.75 Å². The minimum atomic E-state index is -4.73. The minimum Gasteiger partial charge on any atom is -0.406 e. The zero-order chi connectivity index (χ0) is 25.7. The Morgan fingerprint density at radius 2 is 1.67 bits per heavy atom. The fraction of sp³-hybridized carbons (Fsp3) is 0.0417. The number of benzene rings is 3. The van der Waals surface area contributed by atoms with Gasteiger partial charge in [0.2, 0.25) is 0 Å². The summed E-state index contributed by atoms with van der Waals surface area (Å²) in [5, 5.41) is 8.09. The smallest absolute Gasteiger partial charge is 0.406 e. The number of hydrazone groups is 1. The normalized spacial score (nSPS) is 11.5. The molecule has 3 aromatic carbocycles. The standard InChI is InChI=1S/C24H16Cl2F3N5OS/c25-19-2-1-3-20(26)22(19)32-23(36)33-31-12-15-4-6-16(7-5-15)21-13-34(14-30-21)17-8-10-18(11-9-17)35-24(27,28)29/h1-14H,(H2,32,33,36). The Morgan fingerprint density at radius 3 is 2.31 bits per heavy atom. The Bertz CT molecular complexity index is 1370. The average molecular weight is 550 g/mol. The molecule has 4 rings (SSSR count). The summed E-state index contributed by atoms with van der Waals surface area (Å²) in [7, 11) is 0. The number of ether oxygens (including phenoxy) is 1. The second kappa shape index (κ2) is 11.0. The van der Waals surface area contributed by atoms with Crippen LogP contribution in [-0.2, 0) is 0 Å². The van der Waals surface area contributed by atoms with Gasteiger partial charge < -0.3 is 14.6 Å². The molecule has 0 aliphatic rings. The molecule has 0 saturated heterocycles. The summed E-state index contributed by atoms with van der Waals surface area (Å²) in [5.74, 6) is -0.289. The lowest BCUT2D eigenvalue weighted by atomic mass is 10.1. The van der Waals surface area contributed by atoms with Crippen molar-refractivity contribution in [3.05, 3.63) is 94.9 Å². The molecule has 0 spiro atoms. The van der Waals surface area contributed by atoms with E-state index < -0.39 is 6.36 Å². The molecule has 4 aromatic rings. The monoisotopic (exact) mass is 549 g/mol. The van der Waals surface area contributed by atoms with Crippen LogP contribution < -0.4 is 15.5 Å². The molecule has 2 N–H and O–H groups in total. The molecule has 1 aromatic heterocycles. The van der Waals surface area contributed by atoms with Crippen LogP contribution >= 0.6 is 35.4 Å². The summed E-state index contributed by atoms with van der Waals surface area (Å²) < 4.78 is 42.6. The van der Waals surface area contributed by atoms with Gasteiger partial charge in [0.25, 0.3) is 0 Å². The average Bonchev–Trinajstić information content (AvgIpc) is 3.32. The van der Waals surface area contributed by atoms with E-state index in [-0.39, 0.29) is 10.9 Å². The fourth-order valence-corrected chi connectivity index (χ4v) is 3.74. The van der Waals surface area contributed by atoms with E-state index in [1.54, 1.807) is 41.5 Å². The molecule has 0 bridgehead atoms. The molecule has 184 valence electrons.